The summed E-state index contributed by atoms with van der Waals surface area (Å²) in [6, 6.07) is 0. The molecule has 1 N–H and O–H groups in total. The summed E-state index contributed by atoms with van der Waals surface area (Å²) in [5.74, 6) is -28.6. The van der Waals surface area contributed by atoms with Crippen molar-refractivity contribution in [2.75, 3.05) is 5.32 Å². The van der Waals surface area contributed by atoms with E-state index < -0.39 is 40.8 Å². The summed E-state index contributed by atoms with van der Waals surface area (Å²) in [5, 5.41) is 1.62. The summed E-state index contributed by atoms with van der Waals surface area (Å²) in [4.78, 5) is 14.4. The minimum absolute atomic E-state index is 0.485. The van der Waals surface area contributed by atoms with Crippen LogP contribution >= 0.6 is 11.3 Å². The minimum Gasteiger partial charge on any atom is -0.296 e. The standard InChI is InChI=1S/C9H3F9N2O2S/c10-5(11,3(21)20-4-19-1-2-23-4)8(16)6(12,13)7(14,15)9(17,18)22-8/h1-2H,(H,19,20,21). The van der Waals surface area contributed by atoms with Gasteiger partial charge >= 0.3 is 35.6 Å². The van der Waals surface area contributed by atoms with Crippen molar-refractivity contribution in [2.24, 2.45) is 0 Å². The van der Waals surface area contributed by atoms with Crippen LogP contribution in [0, 0.1) is 0 Å². The molecule has 23 heavy (non-hydrogen) atoms. The van der Waals surface area contributed by atoms with E-state index in [0.29, 0.717) is 11.3 Å². The predicted octanol–water partition coefficient (Wildman–Crippen LogP) is 3.28. The third-order valence-electron chi connectivity index (χ3n) is 2.77. The average molecular weight is 374 g/mol. The van der Waals surface area contributed by atoms with E-state index >= 15 is 0 Å². The third kappa shape index (κ3) is 2.10. The number of hydrogen-bond donors (Lipinski definition) is 1. The number of thiazole rings is 1. The number of carbonyl (C=O) groups excluding carboxylic acids is 1. The maximum atomic E-state index is 13.8. The van der Waals surface area contributed by atoms with Crippen molar-refractivity contribution in [2.45, 2.75) is 29.7 Å². The van der Waals surface area contributed by atoms with Crippen LogP contribution in [0.25, 0.3) is 0 Å². The van der Waals surface area contributed by atoms with E-state index in [0.717, 1.165) is 16.9 Å². The van der Waals surface area contributed by atoms with Gasteiger partial charge in [-0.05, 0) is 0 Å². The van der Waals surface area contributed by atoms with Gasteiger partial charge in [0.1, 0.15) is 0 Å². The van der Waals surface area contributed by atoms with Crippen molar-refractivity contribution in [1.82, 2.24) is 4.98 Å². The molecule has 1 fully saturated rings. The molecule has 4 nitrogen and oxygen atoms in total. The number of ether oxygens (including phenoxy) is 1. The van der Waals surface area contributed by atoms with Crippen LogP contribution in [-0.2, 0) is 9.53 Å². The maximum absolute atomic E-state index is 13.8. The first-order chi connectivity index (χ1) is 10.2. The number of anilines is 1. The molecular weight excluding hydrogens is 371 g/mol. The van der Waals surface area contributed by atoms with Crippen LogP contribution in [-0.4, -0.2) is 40.6 Å². The zero-order chi connectivity index (χ0) is 17.9. The molecule has 1 aromatic heterocycles. The molecule has 1 atom stereocenters. The summed E-state index contributed by atoms with van der Waals surface area (Å²) in [7, 11) is 0. The van der Waals surface area contributed by atoms with Crippen LogP contribution in [0.2, 0.25) is 0 Å². The molecular formula is C9H3F9N2O2S. The molecule has 0 spiro atoms. The molecule has 1 unspecified atom stereocenters. The molecule has 1 amide bonds. The molecule has 1 aliphatic rings. The summed E-state index contributed by atoms with van der Waals surface area (Å²) in [6.07, 6.45) is -5.30. The van der Waals surface area contributed by atoms with Crippen LogP contribution < -0.4 is 5.32 Å². The number of rotatable bonds is 3. The lowest BCUT2D eigenvalue weighted by Crippen LogP contribution is -2.63. The second kappa shape index (κ2) is 4.72. The molecule has 1 saturated heterocycles. The number of hydrogen-bond acceptors (Lipinski definition) is 4. The highest BCUT2D eigenvalue weighted by Crippen LogP contribution is 2.64. The van der Waals surface area contributed by atoms with Gasteiger partial charge in [-0.25, -0.2) is 4.98 Å². The van der Waals surface area contributed by atoms with E-state index in [1.807, 2.05) is 0 Å². The van der Waals surface area contributed by atoms with Gasteiger partial charge in [0.2, 0.25) is 0 Å². The molecule has 0 radical (unpaired) electrons. The normalized spacial score (nSPS) is 28.6. The van der Waals surface area contributed by atoms with Gasteiger partial charge in [-0.1, -0.05) is 0 Å². The first kappa shape index (κ1) is 17.8. The number of halogens is 9. The highest BCUT2D eigenvalue weighted by Gasteiger charge is 2.96. The zero-order valence-corrected chi connectivity index (χ0v) is 11.0. The van der Waals surface area contributed by atoms with E-state index in [4.69, 9.17) is 0 Å². The summed E-state index contributed by atoms with van der Waals surface area (Å²) >= 11 is 0.485. The molecule has 0 aromatic carbocycles. The quantitative estimate of drug-likeness (QED) is 0.827. The fourth-order valence-electron chi connectivity index (χ4n) is 1.56. The molecule has 14 heteroatoms. The molecule has 1 aliphatic heterocycles. The van der Waals surface area contributed by atoms with Gasteiger partial charge in [-0.3, -0.25) is 14.8 Å². The van der Waals surface area contributed by atoms with Crippen LogP contribution in [0.3, 0.4) is 0 Å². The Bertz CT molecular complexity index is 621. The van der Waals surface area contributed by atoms with Crippen LogP contribution in [0.15, 0.2) is 11.6 Å². The Balaban J connectivity index is 2.43. The average Bonchev–Trinajstić information content (AvgIpc) is 2.92. The summed E-state index contributed by atoms with van der Waals surface area (Å²) in [5.41, 5.74) is 0. The maximum Gasteiger partial charge on any atom is 0.428 e. The molecule has 1 aromatic rings. The Morgan fingerprint density at radius 2 is 1.70 bits per heavy atom. The molecule has 0 saturated carbocycles. The van der Waals surface area contributed by atoms with Crippen LogP contribution in [0.4, 0.5) is 44.6 Å². The SMILES string of the molecule is O=C(Nc1nccs1)C(F)(F)C1(F)OC(F)(F)C(F)(F)C1(F)F. The Kier molecular flexibility index (Phi) is 3.65. The second-order valence-electron chi connectivity index (χ2n) is 4.23. The van der Waals surface area contributed by atoms with Gasteiger partial charge < -0.3 is 0 Å². The highest BCUT2D eigenvalue weighted by molar-refractivity contribution is 7.13. The number of nitrogens with zero attached hydrogens (tertiary/aromatic N) is 1. The smallest absolute Gasteiger partial charge is 0.296 e. The molecule has 0 aliphatic carbocycles. The van der Waals surface area contributed by atoms with Crippen molar-refractivity contribution >= 4 is 22.4 Å². The van der Waals surface area contributed by atoms with Crippen molar-refractivity contribution in [3.05, 3.63) is 11.6 Å². The monoisotopic (exact) mass is 374 g/mol. The Labute approximate surface area is 124 Å². The summed E-state index contributed by atoms with van der Waals surface area (Å²) < 4.78 is 121. The molecule has 0 bridgehead atoms. The lowest BCUT2D eigenvalue weighted by molar-refractivity contribution is -0.366. The van der Waals surface area contributed by atoms with Gasteiger partial charge in [0, 0.05) is 11.6 Å². The van der Waals surface area contributed by atoms with Crippen molar-refractivity contribution in [1.29, 1.82) is 0 Å². The first-order valence-corrected chi connectivity index (χ1v) is 6.20. The van der Waals surface area contributed by atoms with Crippen LogP contribution in [0.1, 0.15) is 0 Å². The predicted molar refractivity (Wildman–Crippen MR) is 55.5 cm³/mol. The van der Waals surface area contributed by atoms with E-state index in [1.165, 1.54) is 0 Å². The Morgan fingerprint density at radius 3 is 2.09 bits per heavy atom. The van der Waals surface area contributed by atoms with Gasteiger partial charge in [0.15, 0.2) is 5.13 Å². The lowest BCUT2D eigenvalue weighted by atomic mass is 9.99. The number of aromatic nitrogens is 1. The second-order valence-corrected chi connectivity index (χ2v) is 5.12. The van der Waals surface area contributed by atoms with Gasteiger partial charge in [0.05, 0.1) is 0 Å². The van der Waals surface area contributed by atoms with E-state index in [9.17, 15) is 44.3 Å². The fraction of sp³-hybridized carbons (Fsp3) is 0.556. The number of amides is 1. The Morgan fingerprint density at radius 1 is 1.13 bits per heavy atom. The summed E-state index contributed by atoms with van der Waals surface area (Å²) in [6.45, 7) is 0. The van der Waals surface area contributed by atoms with E-state index in [-0.39, 0.29) is 0 Å². The lowest BCUT2D eigenvalue weighted by Gasteiger charge is -2.31. The molecule has 2 heterocycles. The number of carbonyl (C=O) groups is 1. The number of alkyl halides is 9. The highest BCUT2D eigenvalue weighted by atomic mass is 32.1. The Hall–Kier alpha value is -1.57. The van der Waals surface area contributed by atoms with Gasteiger partial charge in [0.25, 0.3) is 0 Å². The third-order valence-corrected chi connectivity index (χ3v) is 3.46. The first-order valence-electron chi connectivity index (χ1n) is 5.32. The zero-order valence-electron chi connectivity index (χ0n) is 10.2. The van der Waals surface area contributed by atoms with E-state index in [1.54, 1.807) is 0 Å². The van der Waals surface area contributed by atoms with Crippen molar-refractivity contribution < 1.29 is 49.0 Å². The molecule has 2 rings (SSSR count). The largest absolute Gasteiger partial charge is 0.428 e. The van der Waals surface area contributed by atoms with E-state index in [2.05, 4.69) is 9.72 Å². The van der Waals surface area contributed by atoms with Gasteiger partial charge in [-0.15, -0.1) is 11.3 Å². The van der Waals surface area contributed by atoms with Gasteiger partial charge in [-0.2, -0.15) is 39.5 Å². The topological polar surface area (TPSA) is 51.2 Å². The minimum atomic E-state index is -6.70. The van der Waals surface area contributed by atoms with Crippen molar-refractivity contribution in [3.8, 4) is 0 Å². The fourth-order valence-corrected chi connectivity index (χ4v) is 2.08. The molecule has 130 valence electrons. The van der Waals surface area contributed by atoms with Crippen molar-refractivity contribution in [3.63, 3.8) is 0 Å². The number of nitrogens with one attached hydrogen (secondary N) is 1. The van der Waals surface area contributed by atoms with Crippen LogP contribution in [0.5, 0.6) is 0 Å².